The molecule has 0 atom stereocenters. The van der Waals surface area contributed by atoms with Gasteiger partial charge in [0.15, 0.2) is 0 Å². The third-order valence-electron chi connectivity index (χ3n) is 1.90. The first-order valence-electron chi connectivity index (χ1n) is 5.81. The number of hydrogen-bond acceptors (Lipinski definition) is 4. The second-order valence-electron chi connectivity index (χ2n) is 4.85. The van der Waals surface area contributed by atoms with E-state index in [1.54, 1.807) is 20.8 Å². The summed E-state index contributed by atoms with van der Waals surface area (Å²) in [6.07, 6.45) is -0.228. The van der Waals surface area contributed by atoms with E-state index in [0.717, 1.165) is 4.31 Å². The highest BCUT2D eigenvalue weighted by atomic mass is 35.5. The van der Waals surface area contributed by atoms with E-state index in [2.05, 4.69) is 5.32 Å². The summed E-state index contributed by atoms with van der Waals surface area (Å²) < 4.78 is 36.9. The van der Waals surface area contributed by atoms with Crippen LogP contribution in [0.2, 0.25) is 0 Å². The Hall–Kier alpha value is -0.570. The van der Waals surface area contributed by atoms with Crippen LogP contribution in [-0.4, -0.2) is 54.5 Å². The number of rotatable bonds is 7. The largest absolute Gasteiger partial charge is 0.444 e. The predicted octanol–water partition coefficient (Wildman–Crippen LogP) is 1.24. The number of nitrogens with zero attached hydrogens (tertiary/aromatic N) is 1. The number of hydrogen-bond donors (Lipinski definition) is 2. The van der Waals surface area contributed by atoms with Crippen LogP contribution in [0, 0.1) is 0 Å². The molecule has 0 aliphatic rings. The quantitative estimate of drug-likeness (QED) is 0.544. The molecule has 0 saturated heterocycles. The van der Waals surface area contributed by atoms with Crippen molar-refractivity contribution in [3.8, 4) is 0 Å². The van der Waals surface area contributed by atoms with Gasteiger partial charge in [-0.05, 0) is 27.2 Å². The minimum absolute atomic E-state index is 0.0387. The second kappa shape index (κ2) is 7.88. The van der Waals surface area contributed by atoms with Crippen LogP contribution in [0.25, 0.3) is 0 Å². The molecule has 9 heteroatoms. The summed E-state index contributed by atoms with van der Waals surface area (Å²) in [6.45, 7) is 5.25. The summed E-state index contributed by atoms with van der Waals surface area (Å²) in [5, 5.41) is 2.41. The maximum Gasteiger partial charge on any atom is 0.407 e. The Balaban J connectivity index is 4.17. The summed E-state index contributed by atoms with van der Waals surface area (Å²) in [5.74, 6) is 0.283. The van der Waals surface area contributed by atoms with E-state index in [-0.39, 0.29) is 25.5 Å². The van der Waals surface area contributed by atoms with Gasteiger partial charge in [-0.1, -0.05) is 0 Å². The summed E-state index contributed by atoms with van der Waals surface area (Å²) in [7, 11) is -4.29. The molecule has 0 fully saturated rings. The lowest BCUT2D eigenvalue weighted by atomic mass is 10.2. The van der Waals surface area contributed by atoms with E-state index in [9.17, 15) is 13.2 Å². The lowest BCUT2D eigenvalue weighted by Crippen LogP contribution is -2.40. The van der Waals surface area contributed by atoms with Gasteiger partial charge in [-0.15, -0.1) is 11.6 Å². The Morgan fingerprint density at radius 1 is 1.37 bits per heavy atom. The molecule has 0 bridgehead atoms. The summed E-state index contributed by atoms with van der Waals surface area (Å²) in [6, 6.07) is 0. The molecule has 0 aromatic heterocycles. The van der Waals surface area contributed by atoms with Crippen molar-refractivity contribution in [2.24, 2.45) is 0 Å². The molecule has 0 aromatic rings. The number of nitrogens with one attached hydrogen (secondary N) is 1. The highest BCUT2D eigenvalue weighted by Gasteiger charge is 2.19. The molecule has 19 heavy (non-hydrogen) atoms. The van der Waals surface area contributed by atoms with E-state index in [1.807, 2.05) is 0 Å². The number of alkyl carbamates (subject to hydrolysis) is 1. The molecule has 0 saturated carbocycles. The molecule has 7 nitrogen and oxygen atoms in total. The normalized spacial score (nSPS) is 12.5. The molecule has 0 aliphatic heterocycles. The number of ether oxygens (including phenoxy) is 1. The van der Waals surface area contributed by atoms with Crippen LogP contribution < -0.4 is 5.32 Å². The first-order valence-corrected chi connectivity index (χ1v) is 7.75. The molecular weight excluding hydrogens is 296 g/mol. The summed E-state index contributed by atoms with van der Waals surface area (Å²) in [4.78, 5) is 11.3. The molecule has 2 N–H and O–H groups in total. The van der Waals surface area contributed by atoms with Gasteiger partial charge < -0.3 is 10.1 Å². The van der Waals surface area contributed by atoms with E-state index < -0.39 is 22.0 Å². The SMILES string of the molecule is CC(C)(C)OC(=O)NCCN(CCCCl)S(=O)(=O)O. The third kappa shape index (κ3) is 9.94. The number of carbonyl (C=O) groups is 1. The van der Waals surface area contributed by atoms with Gasteiger partial charge in [0.1, 0.15) is 5.60 Å². The van der Waals surface area contributed by atoms with Gasteiger partial charge in [-0.3, -0.25) is 4.55 Å². The molecule has 0 spiro atoms. The first kappa shape index (κ1) is 18.4. The number of alkyl halides is 1. The van der Waals surface area contributed by atoms with Crippen molar-refractivity contribution in [1.29, 1.82) is 0 Å². The van der Waals surface area contributed by atoms with E-state index in [4.69, 9.17) is 20.9 Å². The average molecular weight is 317 g/mol. The average Bonchev–Trinajstić information content (AvgIpc) is 2.18. The fourth-order valence-corrected chi connectivity index (χ4v) is 1.98. The van der Waals surface area contributed by atoms with Gasteiger partial charge in [0.2, 0.25) is 0 Å². The van der Waals surface area contributed by atoms with Crippen LogP contribution in [-0.2, 0) is 15.0 Å². The zero-order valence-electron chi connectivity index (χ0n) is 11.3. The molecule has 0 unspecified atom stereocenters. The van der Waals surface area contributed by atoms with E-state index in [0.29, 0.717) is 6.42 Å². The molecule has 0 heterocycles. The van der Waals surface area contributed by atoms with E-state index >= 15 is 0 Å². The Kier molecular flexibility index (Phi) is 7.65. The van der Waals surface area contributed by atoms with Crippen molar-refractivity contribution in [2.45, 2.75) is 32.8 Å². The lowest BCUT2D eigenvalue weighted by molar-refractivity contribution is 0.0525. The van der Waals surface area contributed by atoms with E-state index in [1.165, 1.54) is 0 Å². The Morgan fingerprint density at radius 2 is 1.95 bits per heavy atom. The second-order valence-corrected chi connectivity index (χ2v) is 6.64. The van der Waals surface area contributed by atoms with Crippen LogP contribution >= 0.6 is 11.6 Å². The smallest absolute Gasteiger partial charge is 0.407 e. The number of halogens is 1. The van der Waals surface area contributed by atoms with Gasteiger partial charge in [0.05, 0.1) is 0 Å². The molecule has 0 radical (unpaired) electrons. The zero-order valence-corrected chi connectivity index (χ0v) is 12.9. The lowest BCUT2D eigenvalue weighted by Gasteiger charge is -2.21. The van der Waals surface area contributed by atoms with Crippen LogP contribution in [0.3, 0.4) is 0 Å². The monoisotopic (exact) mass is 316 g/mol. The molecule has 0 aromatic carbocycles. The van der Waals surface area contributed by atoms with Crippen molar-refractivity contribution in [1.82, 2.24) is 9.62 Å². The number of amides is 1. The van der Waals surface area contributed by atoms with Crippen molar-refractivity contribution in [3.63, 3.8) is 0 Å². The Labute approximate surface area is 119 Å². The molecular formula is C10H21ClN2O5S. The maximum absolute atomic E-state index is 11.3. The minimum atomic E-state index is -4.29. The fraction of sp³-hybridized carbons (Fsp3) is 0.900. The minimum Gasteiger partial charge on any atom is -0.444 e. The van der Waals surface area contributed by atoms with Crippen LogP contribution in [0.15, 0.2) is 0 Å². The van der Waals surface area contributed by atoms with Gasteiger partial charge in [-0.25, -0.2) is 4.79 Å². The van der Waals surface area contributed by atoms with Gasteiger partial charge >= 0.3 is 16.4 Å². The molecule has 0 rings (SSSR count). The van der Waals surface area contributed by atoms with Gasteiger partial charge in [0, 0.05) is 25.5 Å². The van der Waals surface area contributed by atoms with Crippen molar-refractivity contribution >= 4 is 28.0 Å². The zero-order chi connectivity index (χ0) is 15.1. The standard InChI is InChI=1S/C10H21ClN2O5S/c1-10(2,3)18-9(14)12-6-8-13(7-4-5-11)19(15,16)17/h4-8H2,1-3H3,(H,12,14)(H,15,16,17). The fourth-order valence-electron chi connectivity index (χ4n) is 1.18. The van der Waals surface area contributed by atoms with Crippen molar-refractivity contribution in [2.75, 3.05) is 25.5 Å². The summed E-state index contributed by atoms with van der Waals surface area (Å²) in [5.41, 5.74) is -0.620. The topological polar surface area (TPSA) is 95.9 Å². The third-order valence-corrected chi connectivity index (χ3v) is 3.18. The van der Waals surface area contributed by atoms with Gasteiger partial charge in [0.25, 0.3) is 0 Å². The van der Waals surface area contributed by atoms with Crippen molar-refractivity contribution < 1.29 is 22.5 Å². The van der Waals surface area contributed by atoms with Crippen LogP contribution in [0.1, 0.15) is 27.2 Å². The molecule has 114 valence electrons. The maximum atomic E-state index is 11.3. The molecule has 1 amide bonds. The molecule has 0 aliphatic carbocycles. The van der Waals surface area contributed by atoms with Crippen LogP contribution in [0.4, 0.5) is 4.79 Å². The highest BCUT2D eigenvalue weighted by Crippen LogP contribution is 2.06. The van der Waals surface area contributed by atoms with Crippen LogP contribution in [0.5, 0.6) is 0 Å². The first-order chi connectivity index (χ1) is 8.56. The number of carbonyl (C=O) groups excluding carboxylic acids is 1. The van der Waals surface area contributed by atoms with Gasteiger partial charge in [-0.2, -0.15) is 12.7 Å². The predicted molar refractivity (Wildman–Crippen MR) is 72.7 cm³/mol. The summed E-state index contributed by atoms with van der Waals surface area (Å²) >= 11 is 5.46. The van der Waals surface area contributed by atoms with Crippen molar-refractivity contribution in [3.05, 3.63) is 0 Å². The Bertz CT molecular complexity index is 380. The Morgan fingerprint density at radius 3 is 2.37 bits per heavy atom. The highest BCUT2D eigenvalue weighted by molar-refractivity contribution is 7.83.